The van der Waals surface area contributed by atoms with Crippen molar-refractivity contribution in [2.45, 2.75) is 193 Å². The van der Waals surface area contributed by atoms with E-state index in [1.807, 2.05) is 33.3 Å². The molecule has 0 fully saturated rings. The van der Waals surface area contributed by atoms with E-state index in [4.69, 9.17) is 18.5 Å². The summed E-state index contributed by atoms with van der Waals surface area (Å²) in [5.74, 6) is -0.435. The number of hydrogen-bond acceptors (Lipinski definition) is 9. The first-order valence-electron chi connectivity index (χ1n) is 21.3. The van der Waals surface area contributed by atoms with Crippen LogP contribution in [0.1, 0.15) is 174 Å². The highest BCUT2D eigenvalue weighted by molar-refractivity contribution is 7.45. The Labute approximate surface area is 325 Å². The number of carbonyl (C=O) groups excluding carboxylic acids is 1. The summed E-state index contributed by atoms with van der Waals surface area (Å²) in [7, 11) is 1.23. The molecule has 10 nitrogen and oxygen atoms in total. The van der Waals surface area contributed by atoms with Crippen molar-refractivity contribution in [3.8, 4) is 0 Å². The Bertz CT molecular complexity index is 940. The molecule has 2 N–H and O–H groups in total. The first kappa shape index (κ1) is 51.7. The van der Waals surface area contributed by atoms with Gasteiger partial charge in [0.25, 0.3) is 7.82 Å². The van der Waals surface area contributed by atoms with Crippen molar-refractivity contribution in [2.24, 2.45) is 0 Å². The van der Waals surface area contributed by atoms with Gasteiger partial charge in [0, 0.05) is 6.42 Å². The summed E-state index contributed by atoms with van der Waals surface area (Å²) in [5.41, 5.74) is 0. The van der Waals surface area contributed by atoms with Gasteiger partial charge < -0.3 is 38.1 Å². The van der Waals surface area contributed by atoms with Gasteiger partial charge >= 0.3 is 5.97 Å². The summed E-state index contributed by atoms with van der Waals surface area (Å²) < 4.78 is 34.2. The van der Waals surface area contributed by atoms with Crippen LogP contribution in [0.25, 0.3) is 0 Å². The normalized spacial score (nSPS) is 15.2. The molecule has 0 bridgehead atoms. The molecule has 0 aromatic heterocycles. The molecule has 53 heavy (non-hydrogen) atoms. The number of ether oxygens (including phenoxy) is 2. The topological polar surface area (TPSA) is 135 Å². The van der Waals surface area contributed by atoms with E-state index in [0.717, 1.165) is 51.4 Å². The maximum Gasteiger partial charge on any atom is 0.306 e. The van der Waals surface area contributed by atoms with E-state index in [2.05, 4.69) is 19.9 Å². The zero-order chi connectivity index (χ0) is 39.5. The smallest absolute Gasteiger partial charge is 0.306 e. The second-order valence-electron chi connectivity index (χ2n) is 15.7. The van der Waals surface area contributed by atoms with Gasteiger partial charge in [-0.3, -0.25) is 9.36 Å². The van der Waals surface area contributed by atoms with Crippen LogP contribution in [-0.4, -0.2) is 86.5 Å². The van der Waals surface area contributed by atoms with Gasteiger partial charge in [0.1, 0.15) is 19.8 Å². The molecular formula is C42H82NO9P. The minimum Gasteiger partial charge on any atom is -0.756 e. The van der Waals surface area contributed by atoms with Gasteiger partial charge in [-0.15, -0.1) is 0 Å². The number of unbranched alkanes of at least 4 members (excludes halogenated alkanes) is 19. The zero-order valence-electron chi connectivity index (χ0n) is 34.7. The average Bonchev–Trinajstić information content (AvgIpc) is 3.10. The summed E-state index contributed by atoms with van der Waals surface area (Å²) >= 11 is 0. The Kier molecular flexibility index (Phi) is 34.3. The lowest BCUT2D eigenvalue weighted by Crippen LogP contribution is -2.37. The van der Waals surface area contributed by atoms with Crippen LogP contribution in [0.2, 0.25) is 0 Å². The molecule has 11 heteroatoms. The molecule has 0 saturated heterocycles. The molecule has 0 aliphatic carbocycles. The minimum absolute atomic E-state index is 0.0107. The molecule has 0 aliphatic heterocycles. The van der Waals surface area contributed by atoms with Crippen molar-refractivity contribution in [3.63, 3.8) is 0 Å². The molecule has 0 spiro atoms. The van der Waals surface area contributed by atoms with Gasteiger partial charge in [-0.1, -0.05) is 135 Å². The number of likely N-dealkylation sites (N-methyl/N-ethyl adjacent to an activating group) is 1. The molecule has 0 radical (unpaired) electrons. The Morgan fingerprint density at radius 3 is 1.83 bits per heavy atom. The van der Waals surface area contributed by atoms with Crippen LogP contribution >= 0.6 is 7.82 Å². The third kappa shape index (κ3) is 37.4. The fraction of sp³-hybridized carbons (Fsp3) is 0.881. The van der Waals surface area contributed by atoms with E-state index < -0.39 is 32.1 Å². The highest BCUT2D eigenvalue weighted by Crippen LogP contribution is 2.38. The van der Waals surface area contributed by atoms with Crippen molar-refractivity contribution >= 4 is 13.8 Å². The number of phosphoric acid groups is 1. The highest BCUT2D eigenvalue weighted by Gasteiger charge is 2.20. The van der Waals surface area contributed by atoms with Crippen LogP contribution in [0, 0.1) is 0 Å². The van der Waals surface area contributed by atoms with Gasteiger partial charge in [-0.25, -0.2) is 0 Å². The van der Waals surface area contributed by atoms with Gasteiger partial charge in [-0.05, 0) is 51.0 Å². The number of aliphatic hydroxyl groups excluding tert-OH is 2. The standard InChI is InChI=1S/C42H82NO9P/c1-6-8-10-12-14-15-16-17-18-19-20-21-26-30-35-49-37-39(38-51-53(47,48)50-36-34-43(3,4)5)52-42(46)33-29-25-22-24-28-32-41(45)40(44)31-27-23-13-11-9-7-2/h23,27,30,35,39-41,44-45H,6-22,24-26,28-29,31-34,36-38H2,1-5H3/b27-23-,35-30+/t39-,40+,41+/m1/s1. The van der Waals surface area contributed by atoms with Crippen LogP contribution in [0.15, 0.2) is 24.5 Å². The monoisotopic (exact) mass is 776 g/mol. The molecule has 0 aromatic rings. The molecule has 0 saturated carbocycles. The lowest BCUT2D eigenvalue weighted by atomic mass is 10.0. The molecule has 1 unspecified atom stereocenters. The number of allylic oxidation sites excluding steroid dienone is 2. The van der Waals surface area contributed by atoms with Crippen LogP contribution in [0.4, 0.5) is 0 Å². The van der Waals surface area contributed by atoms with Crippen LogP contribution in [0.5, 0.6) is 0 Å². The summed E-state index contributed by atoms with van der Waals surface area (Å²) in [5, 5.41) is 20.5. The molecule has 0 aromatic carbocycles. The second kappa shape index (κ2) is 35.2. The van der Waals surface area contributed by atoms with E-state index in [1.165, 1.54) is 83.5 Å². The molecule has 0 aliphatic rings. The van der Waals surface area contributed by atoms with E-state index in [1.54, 1.807) is 6.26 Å². The average molecular weight is 776 g/mol. The number of hydrogen-bond donors (Lipinski definition) is 2. The maximum atomic E-state index is 12.6. The van der Waals surface area contributed by atoms with Crippen LogP contribution in [0.3, 0.4) is 0 Å². The molecule has 0 amide bonds. The third-order valence-electron chi connectivity index (χ3n) is 9.27. The fourth-order valence-electron chi connectivity index (χ4n) is 5.77. The maximum absolute atomic E-state index is 12.6. The zero-order valence-corrected chi connectivity index (χ0v) is 35.6. The number of rotatable bonds is 39. The lowest BCUT2D eigenvalue weighted by Gasteiger charge is -2.28. The second-order valence-corrected chi connectivity index (χ2v) is 17.1. The van der Waals surface area contributed by atoms with Crippen molar-refractivity contribution in [2.75, 3.05) is 47.5 Å². The van der Waals surface area contributed by atoms with Crippen molar-refractivity contribution < 1.29 is 47.5 Å². The SMILES string of the molecule is CCCCC/C=C\C[C@H](O)[C@@H](O)CCCCCCCC(=O)O[C@H](CO/C=C/CCCCCCCCCCCCCC)COP(=O)([O-])OCC[N+](C)(C)C. The Balaban J connectivity index is 4.43. The Morgan fingerprint density at radius 1 is 0.679 bits per heavy atom. The molecule has 4 atom stereocenters. The van der Waals surface area contributed by atoms with Gasteiger partial charge in [0.05, 0.1) is 46.2 Å². The quantitative estimate of drug-likeness (QED) is 0.0156. The van der Waals surface area contributed by atoms with Gasteiger partial charge in [0.15, 0.2) is 6.10 Å². The molecule has 314 valence electrons. The molecule has 0 rings (SSSR count). The van der Waals surface area contributed by atoms with E-state index >= 15 is 0 Å². The summed E-state index contributed by atoms with van der Waals surface area (Å²) in [6.07, 6.45) is 31.6. The summed E-state index contributed by atoms with van der Waals surface area (Å²) in [6, 6.07) is 0. The predicted octanol–water partition coefficient (Wildman–Crippen LogP) is 9.71. The van der Waals surface area contributed by atoms with Gasteiger partial charge in [-0.2, -0.15) is 0 Å². The largest absolute Gasteiger partial charge is 0.756 e. The first-order valence-corrected chi connectivity index (χ1v) is 22.7. The number of nitrogens with zero attached hydrogens (tertiary/aromatic N) is 1. The van der Waals surface area contributed by atoms with E-state index in [-0.39, 0.29) is 26.2 Å². The van der Waals surface area contributed by atoms with Crippen molar-refractivity contribution in [3.05, 3.63) is 24.5 Å². The van der Waals surface area contributed by atoms with Crippen molar-refractivity contribution in [1.82, 2.24) is 0 Å². The summed E-state index contributed by atoms with van der Waals surface area (Å²) in [6.45, 7) is 4.50. The number of phosphoric ester groups is 1. The predicted molar refractivity (Wildman–Crippen MR) is 215 cm³/mol. The minimum atomic E-state index is -4.58. The molecular weight excluding hydrogens is 693 g/mol. The van der Waals surface area contributed by atoms with E-state index in [0.29, 0.717) is 30.3 Å². The highest BCUT2D eigenvalue weighted by atomic mass is 31.2. The Morgan fingerprint density at radius 2 is 1.21 bits per heavy atom. The number of esters is 1. The Hall–Kier alpha value is -1.26. The van der Waals surface area contributed by atoms with Crippen LogP contribution < -0.4 is 4.89 Å². The lowest BCUT2D eigenvalue weighted by molar-refractivity contribution is -0.870. The fourth-order valence-corrected chi connectivity index (χ4v) is 6.50. The van der Waals surface area contributed by atoms with E-state index in [9.17, 15) is 24.5 Å². The van der Waals surface area contributed by atoms with Crippen LogP contribution in [-0.2, 0) is 27.9 Å². The number of aliphatic hydroxyl groups is 2. The first-order chi connectivity index (χ1) is 25.4. The van der Waals surface area contributed by atoms with Crippen molar-refractivity contribution in [1.29, 1.82) is 0 Å². The number of carbonyl (C=O) groups is 1. The summed E-state index contributed by atoms with van der Waals surface area (Å²) in [4.78, 5) is 25.0. The third-order valence-corrected chi connectivity index (χ3v) is 10.2. The van der Waals surface area contributed by atoms with Gasteiger partial charge in [0.2, 0.25) is 0 Å². The number of quaternary nitrogens is 1. The molecule has 0 heterocycles.